The van der Waals surface area contributed by atoms with E-state index in [2.05, 4.69) is 22.5 Å². The number of nitrogens with one attached hydrogen (secondary N) is 2. The minimum atomic E-state index is -0.246. The zero-order valence-corrected chi connectivity index (χ0v) is 14.4. The Bertz CT molecular complexity index is 741. The van der Waals surface area contributed by atoms with Gasteiger partial charge in [-0.3, -0.25) is 4.79 Å². The highest BCUT2D eigenvalue weighted by atomic mass is 32.1. The van der Waals surface area contributed by atoms with E-state index in [1.807, 2.05) is 17.5 Å². The summed E-state index contributed by atoms with van der Waals surface area (Å²) in [6.45, 7) is 0.771. The first-order valence-corrected chi connectivity index (χ1v) is 8.29. The molecule has 0 unspecified atom stereocenters. The second-order valence-electron chi connectivity index (χ2n) is 5.19. The average molecular weight is 341 g/mol. The molecular weight excluding hydrogens is 322 g/mol. The Labute approximate surface area is 145 Å². The largest absolute Gasteiger partial charge is 0.345 e. The van der Waals surface area contributed by atoms with Gasteiger partial charge in [-0.1, -0.05) is 17.9 Å². The van der Waals surface area contributed by atoms with Crippen molar-refractivity contribution < 1.29 is 9.59 Å². The molecule has 0 aliphatic carbocycles. The summed E-state index contributed by atoms with van der Waals surface area (Å²) in [5, 5.41) is 7.41. The van der Waals surface area contributed by atoms with E-state index in [0.717, 1.165) is 10.4 Å². The lowest BCUT2D eigenvalue weighted by Crippen LogP contribution is -2.34. The van der Waals surface area contributed by atoms with Crippen LogP contribution in [0.2, 0.25) is 0 Å². The molecule has 2 rings (SSSR count). The van der Waals surface area contributed by atoms with Crippen molar-refractivity contribution in [3.63, 3.8) is 0 Å². The lowest BCUT2D eigenvalue weighted by molar-refractivity contribution is 0.0827. The number of hydrogen-bond acceptors (Lipinski definition) is 3. The predicted octanol–water partition coefficient (Wildman–Crippen LogP) is 2.30. The van der Waals surface area contributed by atoms with Crippen LogP contribution in [0.25, 0.3) is 0 Å². The van der Waals surface area contributed by atoms with Gasteiger partial charge in [-0.25, -0.2) is 4.79 Å². The van der Waals surface area contributed by atoms with Gasteiger partial charge in [0, 0.05) is 30.1 Å². The van der Waals surface area contributed by atoms with Crippen LogP contribution in [0.3, 0.4) is 0 Å². The standard InChI is InChI=1S/C18H19N3O2S/c1-21(2)17(22)15-9-7-14(8-10-15)5-3-11-19-18(23)20-13-16-6-4-12-24-16/h4,6-10,12H,11,13H2,1-2H3,(H2,19,20,23). The molecule has 5 nitrogen and oxygen atoms in total. The van der Waals surface area contributed by atoms with E-state index in [9.17, 15) is 9.59 Å². The molecule has 0 aliphatic heterocycles. The number of benzene rings is 1. The van der Waals surface area contributed by atoms with Crippen molar-refractivity contribution in [2.24, 2.45) is 0 Å². The third-order valence-electron chi connectivity index (χ3n) is 3.11. The van der Waals surface area contributed by atoms with Crippen molar-refractivity contribution in [3.05, 3.63) is 57.8 Å². The first-order chi connectivity index (χ1) is 11.6. The van der Waals surface area contributed by atoms with Crippen molar-refractivity contribution >= 4 is 23.3 Å². The highest BCUT2D eigenvalue weighted by Gasteiger charge is 2.06. The third-order valence-corrected chi connectivity index (χ3v) is 3.99. The van der Waals surface area contributed by atoms with Crippen LogP contribution in [0, 0.1) is 11.8 Å². The Hall–Kier alpha value is -2.78. The maximum Gasteiger partial charge on any atom is 0.315 e. The van der Waals surface area contributed by atoms with Crippen molar-refractivity contribution in [2.45, 2.75) is 6.54 Å². The second-order valence-corrected chi connectivity index (χ2v) is 6.23. The molecule has 0 aliphatic rings. The molecule has 0 bridgehead atoms. The molecule has 0 atom stereocenters. The van der Waals surface area contributed by atoms with Gasteiger partial charge in [0.05, 0.1) is 13.1 Å². The van der Waals surface area contributed by atoms with Gasteiger partial charge in [0.2, 0.25) is 0 Å². The van der Waals surface area contributed by atoms with Crippen LogP contribution in [0.4, 0.5) is 4.79 Å². The zero-order valence-electron chi connectivity index (χ0n) is 13.6. The quantitative estimate of drug-likeness (QED) is 0.838. The van der Waals surface area contributed by atoms with Crippen molar-refractivity contribution in [2.75, 3.05) is 20.6 Å². The number of thiophene rings is 1. The van der Waals surface area contributed by atoms with Crippen molar-refractivity contribution in [1.29, 1.82) is 0 Å². The number of nitrogens with zero attached hydrogens (tertiary/aromatic N) is 1. The van der Waals surface area contributed by atoms with E-state index in [4.69, 9.17) is 0 Å². The Balaban J connectivity index is 1.76. The van der Waals surface area contributed by atoms with Crippen molar-refractivity contribution in [1.82, 2.24) is 15.5 Å². The molecule has 0 saturated carbocycles. The summed E-state index contributed by atoms with van der Waals surface area (Å²) in [6.07, 6.45) is 0. The molecule has 6 heteroatoms. The highest BCUT2D eigenvalue weighted by Crippen LogP contribution is 2.07. The van der Waals surface area contributed by atoms with Gasteiger partial charge in [-0.2, -0.15) is 0 Å². The summed E-state index contributed by atoms with van der Waals surface area (Å²) >= 11 is 1.60. The molecule has 0 radical (unpaired) electrons. The molecule has 2 aromatic rings. The molecule has 124 valence electrons. The number of carbonyl (C=O) groups is 2. The molecule has 3 amide bonds. The maximum absolute atomic E-state index is 11.8. The summed E-state index contributed by atoms with van der Waals surface area (Å²) in [6, 6.07) is 10.7. The monoisotopic (exact) mass is 341 g/mol. The zero-order chi connectivity index (χ0) is 17.4. The Morgan fingerprint density at radius 3 is 2.50 bits per heavy atom. The molecule has 1 aromatic carbocycles. The van der Waals surface area contributed by atoms with E-state index in [0.29, 0.717) is 12.1 Å². The molecule has 2 N–H and O–H groups in total. The summed E-state index contributed by atoms with van der Waals surface area (Å²) in [7, 11) is 3.43. The van der Waals surface area contributed by atoms with Crippen LogP contribution in [0.5, 0.6) is 0 Å². The average Bonchev–Trinajstić information content (AvgIpc) is 3.10. The molecule has 0 spiro atoms. The van der Waals surface area contributed by atoms with Crippen molar-refractivity contribution in [3.8, 4) is 11.8 Å². The third kappa shape index (κ3) is 5.45. The summed E-state index contributed by atoms with van der Waals surface area (Å²) in [5.74, 6) is 5.79. The fourth-order valence-corrected chi connectivity index (χ4v) is 2.51. The number of rotatable bonds is 4. The molecular formula is C18H19N3O2S. The Morgan fingerprint density at radius 1 is 1.12 bits per heavy atom. The van der Waals surface area contributed by atoms with Gasteiger partial charge < -0.3 is 15.5 Å². The number of carbonyl (C=O) groups excluding carboxylic acids is 2. The second kappa shape index (κ2) is 8.75. The van der Waals surface area contributed by atoms with Crippen LogP contribution in [-0.2, 0) is 6.54 Å². The Morgan fingerprint density at radius 2 is 1.88 bits per heavy atom. The van der Waals surface area contributed by atoms with E-state index in [1.165, 1.54) is 4.90 Å². The molecule has 1 aromatic heterocycles. The predicted molar refractivity (Wildman–Crippen MR) is 95.9 cm³/mol. The minimum absolute atomic E-state index is 0.0430. The van der Waals surface area contributed by atoms with Gasteiger partial charge in [0.15, 0.2) is 0 Å². The van der Waals surface area contributed by atoms with Crippen LogP contribution >= 0.6 is 11.3 Å². The number of hydrogen-bond donors (Lipinski definition) is 2. The minimum Gasteiger partial charge on any atom is -0.345 e. The summed E-state index contributed by atoms with van der Waals surface area (Å²) in [5.41, 5.74) is 1.42. The first-order valence-electron chi connectivity index (χ1n) is 7.41. The van der Waals surface area contributed by atoms with Gasteiger partial charge in [-0.15, -0.1) is 11.3 Å². The molecule has 1 heterocycles. The Kier molecular flexibility index (Phi) is 6.41. The fraction of sp³-hybridized carbons (Fsp3) is 0.222. The maximum atomic E-state index is 11.8. The van der Waals surface area contributed by atoms with E-state index in [1.54, 1.807) is 49.7 Å². The fourth-order valence-electron chi connectivity index (χ4n) is 1.87. The topological polar surface area (TPSA) is 61.4 Å². The lowest BCUT2D eigenvalue weighted by atomic mass is 10.1. The van der Waals surface area contributed by atoms with Crippen LogP contribution < -0.4 is 10.6 Å². The van der Waals surface area contributed by atoms with Gasteiger partial charge in [-0.05, 0) is 35.7 Å². The smallest absolute Gasteiger partial charge is 0.315 e. The van der Waals surface area contributed by atoms with Gasteiger partial charge >= 0.3 is 6.03 Å². The normalized spacial score (nSPS) is 9.58. The molecule has 0 saturated heterocycles. The van der Waals surface area contributed by atoms with E-state index < -0.39 is 0 Å². The van der Waals surface area contributed by atoms with Crippen LogP contribution in [-0.4, -0.2) is 37.5 Å². The SMILES string of the molecule is CN(C)C(=O)c1ccc(C#CCNC(=O)NCc2cccs2)cc1. The first kappa shape index (κ1) is 17.6. The summed E-state index contributed by atoms with van der Waals surface area (Å²) in [4.78, 5) is 26.0. The van der Waals surface area contributed by atoms with Crippen LogP contribution in [0.15, 0.2) is 41.8 Å². The van der Waals surface area contributed by atoms with Gasteiger partial charge in [0.1, 0.15) is 0 Å². The lowest BCUT2D eigenvalue weighted by Gasteiger charge is -2.09. The number of amides is 3. The van der Waals surface area contributed by atoms with E-state index in [-0.39, 0.29) is 18.5 Å². The number of urea groups is 1. The summed E-state index contributed by atoms with van der Waals surface area (Å²) < 4.78 is 0. The van der Waals surface area contributed by atoms with Crippen LogP contribution in [0.1, 0.15) is 20.8 Å². The molecule has 24 heavy (non-hydrogen) atoms. The van der Waals surface area contributed by atoms with E-state index >= 15 is 0 Å². The molecule has 0 fully saturated rings. The van der Waals surface area contributed by atoms with Gasteiger partial charge in [0.25, 0.3) is 5.91 Å². The highest BCUT2D eigenvalue weighted by molar-refractivity contribution is 7.09.